The molecule has 0 atom stereocenters. The molecule has 24 heavy (non-hydrogen) atoms. The largest absolute Gasteiger partial charge is 0.454 e. The van der Waals surface area contributed by atoms with Gasteiger partial charge in [0.05, 0.1) is 0 Å². The Kier molecular flexibility index (Phi) is 2.87. The summed E-state index contributed by atoms with van der Waals surface area (Å²) in [6.07, 6.45) is 0. The molecule has 0 bridgehead atoms. The molecule has 0 spiro atoms. The van der Waals surface area contributed by atoms with E-state index in [1.54, 1.807) is 0 Å². The van der Waals surface area contributed by atoms with Gasteiger partial charge in [0.15, 0.2) is 28.8 Å². The van der Waals surface area contributed by atoms with E-state index in [0.717, 1.165) is 11.1 Å². The van der Waals surface area contributed by atoms with Crippen molar-refractivity contribution < 1.29 is 23.4 Å². The SMILES string of the molecule is Clc1nc(-c2ccc3c(c2)OCO3)c(-c2ccc3c(c2)OCO3)o1. The molecule has 0 unspecified atom stereocenters. The number of oxazole rings is 1. The van der Waals surface area contributed by atoms with Crippen molar-refractivity contribution in [2.45, 2.75) is 0 Å². The Labute approximate surface area is 141 Å². The number of rotatable bonds is 2. The van der Waals surface area contributed by atoms with Gasteiger partial charge in [0, 0.05) is 11.1 Å². The molecule has 3 aromatic rings. The topological polar surface area (TPSA) is 63.0 Å². The van der Waals surface area contributed by atoms with Crippen LogP contribution in [-0.4, -0.2) is 18.6 Å². The minimum atomic E-state index is 0.0651. The van der Waals surface area contributed by atoms with E-state index in [0.29, 0.717) is 34.5 Å². The van der Waals surface area contributed by atoms with Crippen LogP contribution in [-0.2, 0) is 0 Å². The molecule has 5 rings (SSSR count). The van der Waals surface area contributed by atoms with Crippen LogP contribution >= 0.6 is 11.6 Å². The third kappa shape index (κ3) is 2.07. The highest BCUT2D eigenvalue weighted by Crippen LogP contribution is 2.42. The lowest BCUT2D eigenvalue weighted by Gasteiger charge is -2.04. The molecular weight excluding hydrogens is 334 g/mol. The van der Waals surface area contributed by atoms with E-state index in [4.69, 9.17) is 35.0 Å². The number of ether oxygens (including phenoxy) is 4. The van der Waals surface area contributed by atoms with E-state index in [9.17, 15) is 0 Å². The van der Waals surface area contributed by atoms with E-state index in [1.807, 2.05) is 36.4 Å². The van der Waals surface area contributed by atoms with Gasteiger partial charge in [-0.3, -0.25) is 0 Å². The van der Waals surface area contributed by atoms with Crippen LogP contribution < -0.4 is 18.9 Å². The van der Waals surface area contributed by atoms with Crippen LogP contribution in [0.15, 0.2) is 40.8 Å². The van der Waals surface area contributed by atoms with Gasteiger partial charge < -0.3 is 23.4 Å². The zero-order chi connectivity index (χ0) is 16.1. The fraction of sp³-hybridized carbons (Fsp3) is 0.118. The highest BCUT2D eigenvalue weighted by atomic mass is 35.5. The molecule has 0 N–H and O–H groups in total. The van der Waals surface area contributed by atoms with Gasteiger partial charge in [0.25, 0.3) is 5.35 Å². The van der Waals surface area contributed by atoms with Crippen LogP contribution in [0.1, 0.15) is 0 Å². The molecular formula is C17H10ClNO5. The number of nitrogens with zero attached hydrogens (tertiary/aromatic N) is 1. The molecule has 7 heteroatoms. The average Bonchev–Trinajstić information content (AvgIpc) is 3.32. The first kappa shape index (κ1) is 13.6. The van der Waals surface area contributed by atoms with Crippen molar-refractivity contribution >= 4 is 11.6 Å². The molecule has 0 fully saturated rings. The Balaban J connectivity index is 1.63. The molecule has 2 aromatic carbocycles. The van der Waals surface area contributed by atoms with Crippen LogP contribution in [0.25, 0.3) is 22.6 Å². The lowest BCUT2D eigenvalue weighted by molar-refractivity contribution is 0.173. The first-order chi connectivity index (χ1) is 11.8. The maximum absolute atomic E-state index is 6.01. The Morgan fingerprint density at radius 1 is 0.750 bits per heavy atom. The standard InChI is InChI=1S/C17H10ClNO5/c18-17-19-15(9-1-3-11-13(5-9)22-7-20-11)16(24-17)10-2-4-12-14(6-10)23-8-21-12/h1-6H,7-8H2. The minimum absolute atomic E-state index is 0.0651. The second-order valence-electron chi connectivity index (χ2n) is 5.28. The number of hydrogen-bond acceptors (Lipinski definition) is 6. The fourth-order valence-corrected chi connectivity index (χ4v) is 2.93. The van der Waals surface area contributed by atoms with Gasteiger partial charge in [-0.1, -0.05) is 0 Å². The highest BCUT2D eigenvalue weighted by molar-refractivity contribution is 6.28. The second-order valence-corrected chi connectivity index (χ2v) is 5.60. The van der Waals surface area contributed by atoms with Crippen molar-refractivity contribution in [3.8, 4) is 45.6 Å². The number of fused-ring (bicyclic) bond motifs is 2. The molecule has 0 saturated heterocycles. The summed E-state index contributed by atoms with van der Waals surface area (Å²) < 4.78 is 27.1. The average molecular weight is 344 g/mol. The number of aromatic nitrogens is 1. The summed E-state index contributed by atoms with van der Waals surface area (Å²) >= 11 is 6.01. The van der Waals surface area contributed by atoms with Gasteiger partial charge in [-0.15, -0.1) is 0 Å². The summed E-state index contributed by atoms with van der Waals surface area (Å²) in [7, 11) is 0. The third-order valence-electron chi connectivity index (χ3n) is 3.88. The Morgan fingerprint density at radius 2 is 1.33 bits per heavy atom. The van der Waals surface area contributed by atoms with E-state index < -0.39 is 0 Å². The predicted molar refractivity (Wildman–Crippen MR) is 84.6 cm³/mol. The Morgan fingerprint density at radius 3 is 2.04 bits per heavy atom. The van der Waals surface area contributed by atoms with Crippen molar-refractivity contribution in [3.63, 3.8) is 0 Å². The van der Waals surface area contributed by atoms with E-state index in [1.165, 1.54) is 0 Å². The molecule has 0 saturated carbocycles. The number of halogens is 1. The zero-order valence-corrected chi connectivity index (χ0v) is 13.0. The molecule has 0 aliphatic carbocycles. The predicted octanol–water partition coefficient (Wildman–Crippen LogP) is 4.12. The van der Waals surface area contributed by atoms with Crippen LogP contribution in [0.4, 0.5) is 0 Å². The van der Waals surface area contributed by atoms with E-state index >= 15 is 0 Å². The smallest absolute Gasteiger partial charge is 0.293 e. The summed E-state index contributed by atoms with van der Waals surface area (Å²) in [4.78, 5) is 4.31. The summed E-state index contributed by atoms with van der Waals surface area (Å²) in [5.41, 5.74) is 2.24. The molecule has 0 amide bonds. The zero-order valence-electron chi connectivity index (χ0n) is 12.2. The maximum Gasteiger partial charge on any atom is 0.293 e. The van der Waals surface area contributed by atoms with Gasteiger partial charge in [0.2, 0.25) is 13.6 Å². The molecule has 3 heterocycles. The van der Waals surface area contributed by atoms with E-state index in [2.05, 4.69) is 4.98 Å². The van der Waals surface area contributed by atoms with Gasteiger partial charge in [0.1, 0.15) is 5.69 Å². The highest BCUT2D eigenvalue weighted by Gasteiger charge is 2.22. The van der Waals surface area contributed by atoms with Crippen LogP contribution in [0.3, 0.4) is 0 Å². The van der Waals surface area contributed by atoms with Gasteiger partial charge >= 0.3 is 0 Å². The molecule has 2 aliphatic heterocycles. The normalized spacial score (nSPS) is 14.2. The molecule has 120 valence electrons. The first-order valence-corrected chi connectivity index (χ1v) is 7.62. The van der Waals surface area contributed by atoms with E-state index in [-0.39, 0.29) is 18.9 Å². The van der Waals surface area contributed by atoms with Crippen LogP contribution in [0.2, 0.25) is 5.35 Å². The Bertz CT molecular complexity index is 877. The molecule has 1 aromatic heterocycles. The quantitative estimate of drug-likeness (QED) is 0.697. The van der Waals surface area contributed by atoms with Crippen LogP contribution in [0.5, 0.6) is 23.0 Å². The maximum atomic E-state index is 6.01. The first-order valence-electron chi connectivity index (χ1n) is 7.24. The van der Waals surface area contributed by atoms with Crippen molar-refractivity contribution in [2.24, 2.45) is 0 Å². The van der Waals surface area contributed by atoms with Crippen LogP contribution in [0, 0.1) is 0 Å². The monoisotopic (exact) mass is 343 g/mol. The molecule has 2 aliphatic rings. The van der Waals surface area contributed by atoms with Crippen molar-refractivity contribution in [1.29, 1.82) is 0 Å². The summed E-state index contributed by atoms with van der Waals surface area (Å²) in [6.45, 7) is 0.429. The second kappa shape index (κ2) is 5.07. The Hall–Kier alpha value is -2.86. The fourth-order valence-electron chi connectivity index (χ4n) is 2.77. The van der Waals surface area contributed by atoms with Crippen molar-refractivity contribution in [2.75, 3.05) is 13.6 Å². The minimum Gasteiger partial charge on any atom is -0.454 e. The van der Waals surface area contributed by atoms with Crippen molar-refractivity contribution in [3.05, 3.63) is 41.7 Å². The summed E-state index contributed by atoms with van der Waals surface area (Å²) in [6, 6.07) is 11.1. The molecule has 0 radical (unpaired) electrons. The number of hydrogen-bond donors (Lipinski definition) is 0. The summed E-state index contributed by atoms with van der Waals surface area (Å²) in [5.74, 6) is 3.30. The number of benzene rings is 2. The van der Waals surface area contributed by atoms with Crippen molar-refractivity contribution in [1.82, 2.24) is 4.98 Å². The van der Waals surface area contributed by atoms with Gasteiger partial charge in [-0.05, 0) is 48.0 Å². The molecule has 6 nitrogen and oxygen atoms in total. The third-order valence-corrected chi connectivity index (χ3v) is 4.04. The lowest BCUT2D eigenvalue weighted by atomic mass is 10.0. The van der Waals surface area contributed by atoms with Gasteiger partial charge in [-0.2, -0.15) is 4.98 Å². The van der Waals surface area contributed by atoms with Gasteiger partial charge in [-0.25, -0.2) is 0 Å². The summed E-state index contributed by atoms with van der Waals surface area (Å²) in [5, 5.41) is 0.0651. The lowest BCUT2D eigenvalue weighted by Crippen LogP contribution is -1.92.